The summed E-state index contributed by atoms with van der Waals surface area (Å²) in [5.74, 6) is 1.60. The van der Waals surface area contributed by atoms with E-state index in [9.17, 15) is 0 Å². The predicted octanol–water partition coefficient (Wildman–Crippen LogP) is 3.49. The molecule has 1 atom stereocenters. The molecular weight excluding hydrogens is 300 g/mol. The maximum absolute atomic E-state index is 5.40. The monoisotopic (exact) mass is 334 g/mol. The van der Waals surface area contributed by atoms with Gasteiger partial charge in [-0.3, -0.25) is 0 Å². The minimum atomic E-state index is 0.468. The quantitative estimate of drug-likeness (QED) is 0.749. The van der Waals surface area contributed by atoms with Crippen molar-refractivity contribution in [1.29, 1.82) is 0 Å². The highest BCUT2D eigenvalue weighted by Gasteiger charge is 2.20. The second kappa shape index (κ2) is 9.90. The zero-order valence-electron chi connectivity index (χ0n) is 15.8. The molecule has 1 saturated heterocycles. The molecule has 1 fully saturated rings. The van der Waals surface area contributed by atoms with E-state index >= 15 is 0 Å². The van der Waals surface area contributed by atoms with Crippen LogP contribution in [0.2, 0.25) is 0 Å². The highest BCUT2D eigenvalue weighted by Crippen LogP contribution is 2.28. The Kier molecular flexibility index (Phi) is 7.86. The summed E-state index contributed by atoms with van der Waals surface area (Å²) in [4.78, 5) is 2.61. The average molecular weight is 335 g/mol. The lowest BCUT2D eigenvalue weighted by Crippen LogP contribution is -2.46. The van der Waals surface area contributed by atoms with Crippen LogP contribution >= 0.6 is 0 Å². The number of nitrogens with zero attached hydrogens (tertiary/aromatic N) is 1. The molecule has 0 amide bonds. The van der Waals surface area contributed by atoms with Crippen molar-refractivity contribution in [2.24, 2.45) is 0 Å². The first-order valence-corrected chi connectivity index (χ1v) is 9.35. The van der Waals surface area contributed by atoms with Crippen LogP contribution in [0.15, 0.2) is 18.2 Å². The average Bonchev–Trinajstić information content (AvgIpc) is 2.61. The summed E-state index contributed by atoms with van der Waals surface area (Å²) in [6.45, 7) is 8.29. The van der Waals surface area contributed by atoms with Crippen LogP contribution in [0.1, 0.15) is 45.1 Å². The maximum atomic E-state index is 5.40. The van der Waals surface area contributed by atoms with Crippen molar-refractivity contribution in [2.75, 3.05) is 33.9 Å². The van der Waals surface area contributed by atoms with Gasteiger partial charge >= 0.3 is 0 Å². The van der Waals surface area contributed by atoms with Gasteiger partial charge in [-0.2, -0.15) is 0 Å². The number of hydrogen-bond acceptors (Lipinski definition) is 4. The van der Waals surface area contributed by atoms with E-state index in [1.807, 2.05) is 6.07 Å². The second-order valence-corrected chi connectivity index (χ2v) is 6.93. The minimum Gasteiger partial charge on any atom is -0.493 e. The largest absolute Gasteiger partial charge is 0.493 e. The van der Waals surface area contributed by atoms with Gasteiger partial charge in [0.1, 0.15) is 0 Å². The number of methoxy groups -OCH3 is 2. The van der Waals surface area contributed by atoms with E-state index in [0.717, 1.165) is 17.9 Å². The van der Waals surface area contributed by atoms with Crippen LogP contribution in [0.4, 0.5) is 0 Å². The standard InChI is InChI=1S/C20H34N2O2/c1-5-6-11-22-12-9-18(10-13-22)21-16(2)14-17-7-8-19(23-3)20(15-17)24-4/h7-8,15-16,18,21H,5-6,9-14H2,1-4H3. The van der Waals surface area contributed by atoms with Gasteiger partial charge in [-0.15, -0.1) is 0 Å². The Labute approximate surface area is 147 Å². The summed E-state index contributed by atoms with van der Waals surface area (Å²) in [7, 11) is 3.37. The van der Waals surface area contributed by atoms with Crippen LogP contribution in [-0.2, 0) is 6.42 Å². The molecule has 1 aliphatic heterocycles. The van der Waals surface area contributed by atoms with Gasteiger partial charge in [-0.05, 0) is 69.9 Å². The highest BCUT2D eigenvalue weighted by atomic mass is 16.5. The maximum Gasteiger partial charge on any atom is 0.160 e. The number of ether oxygens (including phenoxy) is 2. The molecule has 1 aliphatic rings. The lowest BCUT2D eigenvalue weighted by molar-refractivity contribution is 0.190. The molecule has 0 spiro atoms. The number of nitrogens with one attached hydrogen (secondary N) is 1. The van der Waals surface area contributed by atoms with Crippen LogP contribution in [-0.4, -0.2) is 50.8 Å². The van der Waals surface area contributed by atoms with Crippen LogP contribution in [0.25, 0.3) is 0 Å². The molecule has 1 heterocycles. The zero-order valence-corrected chi connectivity index (χ0v) is 15.8. The Morgan fingerprint density at radius 1 is 1.17 bits per heavy atom. The lowest BCUT2D eigenvalue weighted by Gasteiger charge is -2.34. The van der Waals surface area contributed by atoms with Crippen LogP contribution in [0, 0.1) is 0 Å². The number of rotatable bonds is 9. The molecule has 2 rings (SSSR count). The van der Waals surface area contributed by atoms with Gasteiger partial charge in [-0.1, -0.05) is 19.4 Å². The second-order valence-electron chi connectivity index (χ2n) is 6.93. The minimum absolute atomic E-state index is 0.468. The molecular formula is C20H34N2O2. The Morgan fingerprint density at radius 2 is 1.88 bits per heavy atom. The van der Waals surface area contributed by atoms with E-state index in [4.69, 9.17) is 9.47 Å². The molecule has 4 nitrogen and oxygen atoms in total. The molecule has 1 N–H and O–H groups in total. The summed E-state index contributed by atoms with van der Waals surface area (Å²) in [6, 6.07) is 7.33. The van der Waals surface area contributed by atoms with Crippen molar-refractivity contribution < 1.29 is 9.47 Å². The topological polar surface area (TPSA) is 33.7 Å². The summed E-state index contributed by atoms with van der Waals surface area (Å²) in [5.41, 5.74) is 1.29. The molecule has 0 saturated carbocycles. The molecule has 0 radical (unpaired) electrons. The molecule has 1 aromatic rings. The first-order valence-electron chi connectivity index (χ1n) is 9.35. The lowest BCUT2D eigenvalue weighted by atomic mass is 10.0. The number of unbranched alkanes of at least 4 members (excludes halogenated alkanes) is 1. The fraction of sp³-hybridized carbons (Fsp3) is 0.700. The van der Waals surface area contributed by atoms with Gasteiger partial charge in [0.2, 0.25) is 0 Å². The van der Waals surface area contributed by atoms with E-state index in [1.165, 1.54) is 50.9 Å². The van der Waals surface area contributed by atoms with Crippen molar-refractivity contribution in [1.82, 2.24) is 10.2 Å². The van der Waals surface area contributed by atoms with E-state index in [0.29, 0.717) is 12.1 Å². The van der Waals surface area contributed by atoms with Gasteiger partial charge in [-0.25, -0.2) is 0 Å². The molecule has 0 aliphatic carbocycles. The number of benzene rings is 1. The van der Waals surface area contributed by atoms with Crippen molar-refractivity contribution in [3.8, 4) is 11.5 Å². The Morgan fingerprint density at radius 3 is 2.50 bits per heavy atom. The van der Waals surface area contributed by atoms with E-state index in [2.05, 4.69) is 36.2 Å². The molecule has 4 heteroatoms. The van der Waals surface area contributed by atoms with E-state index in [-0.39, 0.29) is 0 Å². The SMILES string of the molecule is CCCCN1CCC(NC(C)Cc2ccc(OC)c(OC)c2)CC1. The highest BCUT2D eigenvalue weighted by molar-refractivity contribution is 5.43. The Balaban J connectivity index is 1.78. The molecule has 0 bridgehead atoms. The van der Waals surface area contributed by atoms with Gasteiger partial charge in [0.15, 0.2) is 11.5 Å². The Hall–Kier alpha value is -1.26. The summed E-state index contributed by atoms with van der Waals surface area (Å²) in [6.07, 6.45) is 6.16. The van der Waals surface area contributed by atoms with E-state index in [1.54, 1.807) is 14.2 Å². The van der Waals surface area contributed by atoms with Crippen LogP contribution < -0.4 is 14.8 Å². The predicted molar refractivity (Wildman–Crippen MR) is 100 cm³/mol. The normalized spacial score (nSPS) is 17.7. The van der Waals surface area contributed by atoms with E-state index < -0.39 is 0 Å². The number of hydrogen-bond donors (Lipinski definition) is 1. The van der Waals surface area contributed by atoms with Gasteiger partial charge in [0, 0.05) is 12.1 Å². The fourth-order valence-corrected chi connectivity index (χ4v) is 3.53. The molecule has 0 aromatic heterocycles. The van der Waals surface area contributed by atoms with Crippen molar-refractivity contribution in [3.05, 3.63) is 23.8 Å². The first-order chi connectivity index (χ1) is 11.7. The number of piperidine rings is 1. The Bertz CT molecular complexity index is 485. The zero-order chi connectivity index (χ0) is 17.4. The third-order valence-electron chi connectivity index (χ3n) is 4.93. The van der Waals surface area contributed by atoms with Gasteiger partial charge in [0.25, 0.3) is 0 Å². The van der Waals surface area contributed by atoms with Crippen molar-refractivity contribution in [3.63, 3.8) is 0 Å². The molecule has 136 valence electrons. The van der Waals surface area contributed by atoms with Gasteiger partial charge < -0.3 is 19.7 Å². The van der Waals surface area contributed by atoms with Crippen molar-refractivity contribution in [2.45, 2.75) is 58.0 Å². The van der Waals surface area contributed by atoms with Crippen molar-refractivity contribution >= 4 is 0 Å². The molecule has 24 heavy (non-hydrogen) atoms. The third kappa shape index (κ3) is 5.67. The summed E-state index contributed by atoms with van der Waals surface area (Å²) >= 11 is 0. The third-order valence-corrected chi connectivity index (χ3v) is 4.93. The molecule has 1 aromatic carbocycles. The van der Waals surface area contributed by atoms with Crippen LogP contribution in [0.3, 0.4) is 0 Å². The number of likely N-dealkylation sites (tertiary alicyclic amines) is 1. The van der Waals surface area contributed by atoms with Gasteiger partial charge in [0.05, 0.1) is 14.2 Å². The first kappa shape index (κ1) is 19.1. The summed E-state index contributed by atoms with van der Waals surface area (Å²) < 4.78 is 10.7. The summed E-state index contributed by atoms with van der Waals surface area (Å²) in [5, 5.41) is 3.81. The molecule has 1 unspecified atom stereocenters. The fourth-order valence-electron chi connectivity index (χ4n) is 3.53. The smallest absolute Gasteiger partial charge is 0.160 e. The van der Waals surface area contributed by atoms with Crippen LogP contribution in [0.5, 0.6) is 11.5 Å².